The Hall–Kier alpha value is -1.69. The number of hydrogen-bond acceptors (Lipinski definition) is 5. The molecule has 0 aliphatic carbocycles. The first kappa shape index (κ1) is 12.8. The minimum Gasteiger partial charge on any atom is -0.361 e. The minimum absolute atomic E-state index is 0.323. The van der Waals surface area contributed by atoms with Crippen molar-refractivity contribution in [2.24, 2.45) is 0 Å². The van der Waals surface area contributed by atoms with Crippen molar-refractivity contribution in [3.63, 3.8) is 0 Å². The average Bonchev–Trinajstić information content (AvgIpc) is 2.90. The predicted octanol–water partition coefficient (Wildman–Crippen LogP) is 1.75. The molecule has 2 heterocycles. The molecule has 0 bridgehead atoms. The molecular weight excluding hydrogens is 230 g/mol. The molecule has 2 rings (SSSR count). The van der Waals surface area contributed by atoms with Gasteiger partial charge in [0.05, 0.1) is 12.2 Å². The maximum Gasteiger partial charge on any atom is 0.141 e. The fraction of sp³-hybridized carbons (Fsp3) is 0.583. The zero-order valence-corrected chi connectivity index (χ0v) is 11.3. The molecule has 0 aliphatic heterocycles. The standard InChI is InChI=1S/C12H19N5O/c1-8(2)17-12(14-7-15-17)6-13-5-11-9(3)16-18-10(11)4/h7-8,13H,5-6H2,1-4H3. The fourth-order valence-electron chi connectivity index (χ4n) is 1.89. The van der Waals surface area contributed by atoms with Crippen molar-refractivity contribution in [3.8, 4) is 0 Å². The lowest BCUT2D eigenvalue weighted by Gasteiger charge is -2.09. The summed E-state index contributed by atoms with van der Waals surface area (Å²) in [6.45, 7) is 9.46. The summed E-state index contributed by atoms with van der Waals surface area (Å²) < 4.78 is 7.04. The summed E-state index contributed by atoms with van der Waals surface area (Å²) >= 11 is 0. The Labute approximate surface area is 106 Å². The molecule has 6 heteroatoms. The van der Waals surface area contributed by atoms with E-state index in [1.54, 1.807) is 6.33 Å². The van der Waals surface area contributed by atoms with Gasteiger partial charge in [-0.05, 0) is 27.7 Å². The highest BCUT2D eigenvalue weighted by atomic mass is 16.5. The topological polar surface area (TPSA) is 68.8 Å². The lowest BCUT2D eigenvalue weighted by Crippen LogP contribution is -2.18. The summed E-state index contributed by atoms with van der Waals surface area (Å²) in [7, 11) is 0. The molecule has 0 spiro atoms. The third-order valence-corrected chi connectivity index (χ3v) is 2.90. The molecule has 1 N–H and O–H groups in total. The molecule has 0 amide bonds. The molecular formula is C12H19N5O. The Kier molecular flexibility index (Phi) is 3.76. The van der Waals surface area contributed by atoms with Crippen molar-refractivity contribution >= 4 is 0 Å². The van der Waals surface area contributed by atoms with Crippen molar-refractivity contribution < 1.29 is 4.52 Å². The average molecular weight is 249 g/mol. The van der Waals surface area contributed by atoms with Crippen LogP contribution in [0, 0.1) is 13.8 Å². The first-order chi connectivity index (χ1) is 8.59. The third kappa shape index (κ3) is 2.59. The molecule has 0 unspecified atom stereocenters. The summed E-state index contributed by atoms with van der Waals surface area (Å²) in [5.41, 5.74) is 2.05. The van der Waals surface area contributed by atoms with E-state index in [-0.39, 0.29) is 0 Å². The van der Waals surface area contributed by atoms with Crippen LogP contribution >= 0.6 is 0 Å². The van der Waals surface area contributed by atoms with Crippen LogP contribution in [-0.2, 0) is 13.1 Å². The highest BCUT2D eigenvalue weighted by Gasteiger charge is 2.10. The van der Waals surface area contributed by atoms with E-state index in [2.05, 4.69) is 34.4 Å². The molecule has 2 aromatic rings. The second-order valence-corrected chi connectivity index (χ2v) is 4.62. The molecule has 0 atom stereocenters. The molecule has 98 valence electrons. The Morgan fingerprint density at radius 3 is 2.72 bits per heavy atom. The Bertz CT molecular complexity index is 495. The maximum atomic E-state index is 5.12. The lowest BCUT2D eigenvalue weighted by molar-refractivity contribution is 0.391. The maximum absolute atomic E-state index is 5.12. The normalized spacial score (nSPS) is 11.4. The van der Waals surface area contributed by atoms with Gasteiger partial charge in [-0.25, -0.2) is 9.67 Å². The molecule has 6 nitrogen and oxygen atoms in total. The largest absolute Gasteiger partial charge is 0.361 e. The molecule has 2 aromatic heterocycles. The van der Waals surface area contributed by atoms with Gasteiger partial charge in [-0.2, -0.15) is 5.10 Å². The number of hydrogen-bond donors (Lipinski definition) is 1. The van der Waals surface area contributed by atoms with Crippen LogP contribution in [0.3, 0.4) is 0 Å². The van der Waals surface area contributed by atoms with Crippen LogP contribution in [0.5, 0.6) is 0 Å². The van der Waals surface area contributed by atoms with Gasteiger partial charge in [0.1, 0.15) is 17.9 Å². The highest BCUT2D eigenvalue weighted by Crippen LogP contribution is 2.12. The second kappa shape index (κ2) is 5.30. The van der Waals surface area contributed by atoms with E-state index in [1.807, 2.05) is 18.5 Å². The van der Waals surface area contributed by atoms with Gasteiger partial charge < -0.3 is 9.84 Å². The van der Waals surface area contributed by atoms with E-state index in [9.17, 15) is 0 Å². The number of nitrogens with zero attached hydrogens (tertiary/aromatic N) is 4. The van der Waals surface area contributed by atoms with Gasteiger partial charge in [0.15, 0.2) is 0 Å². The van der Waals surface area contributed by atoms with Crippen LogP contribution in [0.2, 0.25) is 0 Å². The molecule has 0 fully saturated rings. The van der Waals surface area contributed by atoms with Crippen LogP contribution in [0.25, 0.3) is 0 Å². The summed E-state index contributed by atoms with van der Waals surface area (Å²) in [6.07, 6.45) is 1.59. The molecule has 0 radical (unpaired) electrons. The minimum atomic E-state index is 0.323. The van der Waals surface area contributed by atoms with Crippen molar-refractivity contribution in [1.82, 2.24) is 25.2 Å². The van der Waals surface area contributed by atoms with Gasteiger partial charge in [-0.3, -0.25) is 0 Å². The SMILES string of the molecule is Cc1noc(C)c1CNCc1ncnn1C(C)C. The third-order valence-electron chi connectivity index (χ3n) is 2.90. The Morgan fingerprint density at radius 1 is 1.33 bits per heavy atom. The molecule has 18 heavy (non-hydrogen) atoms. The molecule has 0 aromatic carbocycles. The summed E-state index contributed by atoms with van der Waals surface area (Å²) in [5.74, 6) is 1.81. The molecule has 0 aliphatic rings. The van der Waals surface area contributed by atoms with Crippen LogP contribution in [0.1, 0.15) is 42.7 Å². The van der Waals surface area contributed by atoms with Gasteiger partial charge in [0, 0.05) is 18.2 Å². The summed E-state index contributed by atoms with van der Waals surface area (Å²) in [5, 5.41) is 11.5. The number of nitrogens with one attached hydrogen (secondary N) is 1. The lowest BCUT2D eigenvalue weighted by atomic mass is 10.2. The Morgan fingerprint density at radius 2 is 2.11 bits per heavy atom. The van der Waals surface area contributed by atoms with Crippen molar-refractivity contribution in [2.75, 3.05) is 0 Å². The van der Waals surface area contributed by atoms with Gasteiger partial charge in [0.2, 0.25) is 0 Å². The van der Waals surface area contributed by atoms with Crippen LogP contribution < -0.4 is 5.32 Å². The predicted molar refractivity (Wildman–Crippen MR) is 66.9 cm³/mol. The second-order valence-electron chi connectivity index (χ2n) is 4.62. The quantitative estimate of drug-likeness (QED) is 0.874. The van der Waals surface area contributed by atoms with Crippen molar-refractivity contribution in [1.29, 1.82) is 0 Å². The van der Waals surface area contributed by atoms with E-state index < -0.39 is 0 Å². The summed E-state index contributed by atoms with van der Waals surface area (Å²) in [6, 6.07) is 0.323. The van der Waals surface area contributed by atoms with E-state index in [1.165, 1.54) is 0 Å². The smallest absolute Gasteiger partial charge is 0.141 e. The zero-order chi connectivity index (χ0) is 13.1. The van der Waals surface area contributed by atoms with Crippen molar-refractivity contribution in [2.45, 2.75) is 46.8 Å². The Balaban J connectivity index is 1.95. The van der Waals surface area contributed by atoms with Gasteiger partial charge in [-0.1, -0.05) is 5.16 Å². The van der Waals surface area contributed by atoms with E-state index >= 15 is 0 Å². The molecule has 0 saturated heterocycles. The summed E-state index contributed by atoms with van der Waals surface area (Å²) in [4.78, 5) is 4.25. The van der Waals surface area contributed by atoms with E-state index in [0.717, 1.165) is 29.4 Å². The highest BCUT2D eigenvalue weighted by molar-refractivity contribution is 5.20. The molecule has 0 saturated carbocycles. The number of aromatic nitrogens is 4. The number of aryl methyl sites for hydroxylation is 2. The van der Waals surface area contributed by atoms with Gasteiger partial charge in [0.25, 0.3) is 0 Å². The number of rotatable bonds is 5. The van der Waals surface area contributed by atoms with E-state index in [0.29, 0.717) is 12.6 Å². The van der Waals surface area contributed by atoms with Crippen LogP contribution in [0.15, 0.2) is 10.9 Å². The van der Waals surface area contributed by atoms with Gasteiger partial charge >= 0.3 is 0 Å². The fourth-order valence-corrected chi connectivity index (χ4v) is 1.89. The van der Waals surface area contributed by atoms with Crippen molar-refractivity contribution in [3.05, 3.63) is 29.2 Å². The first-order valence-electron chi connectivity index (χ1n) is 6.10. The first-order valence-corrected chi connectivity index (χ1v) is 6.10. The van der Waals surface area contributed by atoms with Crippen LogP contribution in [0.4, 0.5) is 0 Å². The monoisotopic (exact) mass is 249 g/mol. The van der Waals surface area contributed by atoms with Crippen LogP contribution in [-0.4, -0.2) is 19.9 Å². The van der Waals surface area contributed by atoms with Gasteiger partial charge in [-0.15, -0.1) is 0 Å². The van der Waals surface area contributed by atoms with E-state index in [4.69, 9.17) is 4.52 Å². The zero-order valence-electron chi connectivity index (χ0n) is 11.3.